The van der Waals surface area contributed by atoms with Crippen molar-refractivity contribution in [2.24, 2.45) is 5.92 Å². The largest absolute Gasteiger partial charge is 0.370 e. The molecule has 21 heavy (non-hydrogen) atoms. The van der Waals surface area contributed by atoms with Gasteiger partial charge in [-0.1, -0.05) is 25.6 Å². The second-order valence-corrected chi connectivity index (χ2v) is 6.66. The van der Waals surface area contributed by atoms with Gasteiger partial charge in [0.05, 0.1) is 0 Å². The van der Waals surface area contributed by atoms with Crippen molar-refractivity contribution >= 4 is 23.4 Å². The van der Waals surface area contributed by atoms with Crippen molar-refractivity contribution < 1.29 is 0 Å². The summed E-state index contributed by atoms with van der Waals surface area (Å²) in [5.74, 6) is 2.43. The molecule has 5 nitrogen and oxygen atoms in total. The number of rotatable bonds is 9. The minimum atomic E-state index is 0.388. The summed E-state index contributed by atoms with van der Waals surface area (Å²) < 4.78 is 0. The number of hydrogen-bond donors (Lipinski definition) is 2. The predicted molar refractivity (Wildman–Crippen MR) is 93.4 cm³/mol. The Morgan fingerprint density at radius 2 is 1.90 bits per heavy atom. The number of nitrogens with one attached hydrogen (secondary N) is 2. The highest BCUT2D eigenvalue weighted by Crippen LogP contribution is 2.19. The molecular weight excluding hydrogens is 282 g/mol. The van der Waals surface area contributed by atoms with E-state index in [1.807, 2.05) is 12.3 Å². The molecule has 1 aromatic rings. The molecule has 1 aromatic heterocycles. The van der Waals surface area contributed by atoms with E-state index in [4.69, 9.17) is 0 Å². The fourth-order valence-corrected chi connectivity index (χ4v) is 2.64. The fraction of sp³-hybridized carbons (Fsp3) is 0.733. The summed E-state index contributed by atoms with van der Waals surface area (Å²) in [5, 5.41) is 7.63. The molecule has 1 rings (SSSR count). The zero-order chi connectivity index (χ0) is 15.8. The number of anilines is 2. The van der Waals surface area contributed by atoms with Crippen LogP contribution in [0.2, 0.25) is 0 Å². The van der Waals surface area contributed by atoms with Crippen LogP contribution in [-0.4, -0.2) is 54.4 Å². The first-order valence-electron chi connectivity index (χ1n) is 7.52. The lowest BCUT2D eigenvalue weighted by Gasteiger charge is -2.24. The SMILES string of the molecule is CCNc1cc(NC(CC(C)C)CN(C)C)nc(SC)n1. The average molecular weight is 311 g/mol. The highest BCUT2D eigenvalue weighted by molar-refractivity contribution is 7.98. The van der Waals surface area contributed by atoms with Crippen molar-refractivity contribution in [2.45, 2.75) is 38.4 Å². The van der Waals surface area contributed by atoms with Gasteiger partial charge in [0.25, 0.3) is 0 Å². The Morgan fingerprint density at radius 3 is 2.43 bits per heavy atom. The Hall–Kier alpha value is -1.01. The third kappa shape index (κ3) is 7.00. The highest BCUT2D eigenvalue weighted by atomic mass is 32.2. The molecule has 1 unspecified atom stereocenters. The standard InChI is InChI=1S/C15H29N5S/c1-7-16-13-9-14(19-15(18-13)21-6)17-12(8-11(2)3)10-20(4)5/h9,11-12H,7-8,10H2,1-6H3,(H2,16,17,18,19). The first-order chi connectivity index (χ1) is 9.94. The molecule has 0 fully saturated rings. The Labute approximate surface area is 133 Å². The van der Waals surface area contributed by atoms with E-state index in [2.05, 4.69) is 60.4 Å². The van der Waals surface area contributed by atoms with E-state index in [0.29, 0.717) is 12.0 Å². The Balaban J connectivity index is 2.87. The summed E-state index contributed by atoms with van der Waals surface area (Å²) in [4.78, 5) is 11.2. The molecule has 0 aliphatic carbocycles. The van der Waals surface area contributed by atoms with Crippen molar-refractivity contribution in [3.05, 3.63) is 6.07 Å². The van der Waals surface area contributed by atoms with E-state index < -0.39 is 0 Å². The van der Waals surface area contributed by atoms with E-state index in [1.54, 1.807) is 11.8 Å². The second-order valence-electron chi connectivity index (χ2n) is 5.89. The zero-order valence-electron chi connectivity index (χ0n) is 14.1. The molecule has 0 bridgehead atoms. The van der Waals surface area contributed by atoms with Gasteiger partial charge in [-0.05, 0) is 39.6 Å². The summed E-state index contributed by atoms with van der Waals surface area (Å²) in [7, 11) is 4.21. The molecule has 120 valence electrons. The minimum absolute atomic E-state index is 0.388. The third-order valence-electron chi connectivity index (χ3n) is 2.94. The molecule has 0 radical (unpaired) electrons. The van der Waals surface area contributed by atoms with Crippen LogP contribution < -0.4 is 10.6 Å². The summed E-state index contributed by atoms with van der Waals surface area (Å²) >= 11 is 1.57. The van der Waals surface area contributed by atoms with Crippen molar-refractivity contribution in [3.63, 3.8) is 0 Å². The number of likely N-dealkylation sites (N-methyl/N-ethyl adjacent to an activating group) is 1. The van der Waals surface area contributed by atoms with Gasteiger partial charge < -0.3 is 15.5 Å². The van der Waals surface area contributed by atoms with Crippen LogP contribution in [0.5, 0.6) is 0 Å². The Kier molecular flexibility index (Phi) is 7.82. The molecule has 0 saturated heterocycles. The topological polar surface area (TPSA) is 53.1 Å². The maximum Gasteiger partial charge on any atom is 0.191 e. The van der Waals surface area contributed by atoms with E-state index in [9.17, 15) is 0 Å². The van der Waals surface area contributed by atoms with Gasteiger partial charge in [0.2, 0.25) is 0 Å². The van der Waals surface area contributed by atoms with E-state index >= 15 is 0 Å². The number of hydrogen-bond acceptors (Lipinski definition) is 6. The highest BCUT2D eigenvalue weighted by Gasteiger charge is 2.14. The lowest BCUT2D eigenvalue weighted by atomic mass is 10.0. The Morgan fingerprint density at radius 1 is 1.24 bits per heavy atom. The first kappa shape index (κ1) is 18.0. The second kappa shape index (κ2) is 9.10. The molecule has 2 N–H and O–H groups in total. The van der Waals surface area contributed by atoms with Crippen LogP contribution in [0.4, 0.5) is 11.6 Å². The lowest BCUT2D eigenvalue weighted by molar-refractivity contribution is 0.356. The minimum Gasteiger partial charge on any atom is -0.370 e. The summed E-state index contributed by atoms with van der Waals surface area (Å²) in [5.41, 5.74) is 0. The van der Waals surface area contributed by atoms with Gasteiger partial charge in [0.15, 0.2) is 5.16 Å². The third-order valence-corrected chi connectivity index (χ3v) is 3.49. The van der Waals surface area contributed by atoms with E-state index in [1.165, 1.54) is 0 Å². The Bertz CT molecular complexity index is 413. The van der Waals surface area contributed by atoms with Crippen LogP contribution in [0.3, 0.4) is 0 Å². The van der Waals surface area contributed by atoms with Crippen molar-refractivity contribution in [2.75, 3.05) is 44.1 Å². The van der Waals surface area contributed by atoms with Gasteiger partial charge in [0.1, 0.15) is 11.6 Å². The van der Waals surface area contributed by atoms with Crippen molar-refractivity contribution in [1.82, 2.24) is 14.9 Å². The van der Waals surface area contributed by atoms with Crippen LogP contribution in [0, 0.1) is 5.92 Å². The molecule has 0 saturated carbocycles. The quantitative estimate of drug-likeness (QED) is 0.540. The average Bonchev–Trinajstić information content (AvgIpc) is 2.37. The van der Waals surface area contributed by atoms with Gasteiger partial charge in [-0.25, -0.2) is 9.97 Å². The molecule has 0 aliphatic rings. The molecule has 0 amide bonds. The normalized spacial score (nSPS) is 12.8. The first-order valence-corrected chi connectivity index (χ1v) is 8.75. The number of thioether (sulfide) groups is 1. The van der Waals surface area contributed by atoms with Crippen LogP contribution >= 0.6 is 11.8 Å². The van der Waals surface area contributed by atoms with Crippen LogP contribution in [0.15, 0.2) is 11.2 Å². The number of aromatic nitrogens is 2. The summed E-state index contributed by atoms with van der Waals surface area (Å²) in [6.07, 6.45) is 3.12. The molecular formula is C15H29N5S. The van der Waals surface area contributed by atoms with Gasteiger partial charge in [-0.3, -0.25) is 0 Å². The van der Waals surface area contributed by atoms with Gasteiger partial charge in [-0.15, -0.1) is 0 Å². The van der Waals surface area contributed by atoms with Crippen molar-refractivity contribution in [3.8, 4) is 0 Å². The zero-order valence-corrected chi connectivity index (χ0v) is 14.9. The summed E-state index contributed by atoms with van der Waals surface area (Å²) in [6, 6.07) is 2.38. The monoisotopic (exact) mass is 311 g/mol. The van der Waals surface area contributed by atoms with Crippen molar-refractivity contribution in [1.29, 1.82) is 0 Å². The van der Waals surface area contributed by atoms with Crippen LogP contribution in [0.25, 0.3) is 0 Å². The molecule has 1 atom stereocenters. The predicted octanol–water partition coefficient (Wildman–Crippen LogP) is 3.02. The van der Waals surface area contributed by atoms with Gasteiger partial charge in [0, 0.05) is 25.2 Å². The van der Waals surface area contributed by atoms with Gasteiger partial charge >= 0.3 is 0 Å². The molecule has 6 heteroatoms. The van der Waals surface area contributed by atoms with E-state index in [-0.39, 0.29) is 0 Å². The maximum absolute atomic E-state index is 4.57. The van der Waals surface area contributed by atoms with Crippen LogP contribution in [-0.2, 0) is 0 Å². The number of nitrogens with zero attached hydrogens (tertiary/aromatic N) is 3. The maximum atomic E-state index is 4.57. The lowest BCUT2D eigenvalue weighted by Crippen LogP contribution is -2.33. The summed E-state index contributed by atoms with van der Waals surface area (Å²) in [6.45, 7) is 8.43. The van der Waals surface area contributed by atoms with Crippen LogP contribution in [0.1, 0.15) is 27.2 Å². The molecule has 0 spiro atoms. The van der Waals surface area contributed by atoms with Gasteiger partial charge in [-0.2, -0.15) is 0 Å². The smallest absolute Gasteiger partial charge is 0.191 e. The molecule has 0 aliphatic heterocycles. The fourth-order valence-electron chi connectivity index (χ4n) is 2.26. The molecule has 1 heterocycles. The molecule has 0 aromatic carbocycles. The van der Waals surface area contributed by atoms with E-state index in [0.717, 1.165) is 36.3 Å².